The van der Waals surface area contributed by atoms with Gasteiger partial charge in [0.1, 0.15) is 11.9 Å². The largest absolute Gasteiger partial charge is 0.389 e. The molecule has 5 nitrogen and oxygen atoms in total. The first-order valence-corrected chi connectivity index (χ1v) is 7.54. The monoisotopic (exact) mass is 306 g/mol. The van der Waals surface area contributed by atoms with Crippen LogP contribution in [0.1, 0.15) is 32.1 Å². The summed E-state index contributed by atoms with van der Waals surface area (Å²) in [6.45, 7) is 0. The second kappa shape index (κ2) is 5.35. The van der Waals surface area contributed by atoms with Crippen molar-refractivity contribution in [3.8, 4) is 0 Å². The number of anilines is 1. The Bertz CT molecular complexity index is 613. The topological polar surface area (TPSA) is 83.6 Å². The first kappa shape index (κ1) is 15.0. The first-order chi connectivity index (χ1) is 10.5. The molecule has 0 aromatic heterocycles. The van der Waals surface area contributed by atoms with Gasteiger partial charge in [-0.25, -0.2) is 4.39 Å². The molecular weight excluding hydrogens is 287 g/mol. The third-order valence-electron chi connectivity index (χ3n) is 4.91. The molecule has 118 valence electrons. The number of carbonyl (C=O) groups is 2. The second-order valence-electron chi connectivity index (χ2n) is 6.16. The number of carbonyl (C=O) groups excluding carboxylic acids is 2. The molecule has 1 saturated heterocycles. The Morgan fingerprint density at radius 1 is 1.32 bits per heavy atom. The lowest BCUT2D eigenvalue weighted by Crippen LogP contribution is -2.47. The molecule has 0 radical (unpaired) electrons. The van der Waals surface area contributed by atoms with Crippen LogP contribution in [0.4, 0.5) is 10.1 Å². The summed E-state index contributed by atoms with van der Waals surface area (Å²) in [6, 6.07) is 4.31. The molecule has 2 amide bonds. The summed E-state index contributed by atoms with van der Waals surface area (Å²) in [5.41, 5.74) is 4.71. The molecule has 1 aromatic carbocycles. The summed E-state index contributed by atoms with van der Waals surface area (Å²) in [7, 11) is 0. The van der Waals surface area contributed by atoms with Gasteiger partial charge in [0, 0.05) is 5.69 Å². The molecule has 3 rings (SSSR count). The van der Waals surface area contributed by atoms with Crippen LogP contribution in [0, 0.1) is 11.2 Å². The number of aliphatic hydroxyl groups is 1. The highest BCUT2D eigenvalue weighted by atomic mass is 19.1. The van der Waals surface area contributed by atoms with Crippen molar-refractivity contribution in [3.05, 3.63) is 30.1 Å². The van der Waals surface area contributed by atoms with E-state index in [9.17, 15) is 19.1 Å². The number of primary amides is 1. The molecule has 1 aliphatic carbocycles. The van der Waals surface area contributed by atoms with Crippen LogP contribution in [-0.4, -0.2) is 29.1 Å². The predicted octanol–water partition coefficient (Wildman–Crippen LogP) is 1.34. The van der Waals surface area contributed by atoms with Gasteiger partial charge in [-0.1, -0.05) is 25.3 Å². The Balaban J connectivity index is 2.07. The number of hydrogen-bond acceptors (Lipinski definition) is 3. The summed E-state index contributed by atoms with van der Waals surface area (Å²) in [6.07, 6.45) is 2.56. The Labute approximate surface area is 127 Å². The average Bonchev–Trinajstić information content (AvgIpc) is 2.70. The molecule has 1 saturated carbocycles. The summed E-state index contributed by atoms with van der Waals surface area (Å²) >= 11 is 0. The highest BCUT2D eigenvalue weighted by Gasteiger charge is 2.60. The minimum atomic E-state index is -1.15. The molecular formula is C16H19FN2O3. The van der Waals surface area contributed by atoms with Crippen molar-refractivity contribution in [3.63, 3.8) is 0 Å². The maximum atomic E-state index is 13.5. The van der Waals surface area contributed by atoms with E-state index in [-0.39, 0.29) is 11.6 Å². The minimum Gasteiger partial charge on any atom is -0.389 e. The van der Waals surface area contributed by atoms with E-state index in [4.69, 9.17) is 5.73 Å². The molecule has 1 aliphatic heterocycles. The van der Waals surface area contributed by atoms with E-state index >= 15 is 0 Å². The zero-order valence-electron chi connectivity index (χ0n) is 12.2. The lowest BCUT2D eigenvalue weighted by Gasteiger charge is -2.33. The smallest absolute Gasteiger partial charge is 0.243 e. The van der Waals surface area contributed by atoms with Gasteiger partial charge in [-0.3, -0.25) is 14.5 Å². The van der Waals surface area contributed by atoms with E-state index in [1.807, 2.05) is 0 Å². The second-order valence-corrected chi connectivity index (χ2v) is 6.16. The summed E-state index contributed by atoms with van der Waals surface area (Å²) in [5, 5.41) is 10.6. The Morgan fingerprint density at radius 3 is 2.59 bits per heavy atom. The maximum Gasteiger partial charge on any atom is 0.243 e. The highest BCUT2D eigenvalue weighted by molar-refractivity contribution is 6.07. The molecule has 1 heterocycles. The van der Waals surface area contributed by atoms with Crippen LogP contribution < -0.4 is 10.6 Å². The van der Waals surface area contributed by atoms with Crippen LogP contribution in [0.5, 0.6) is 0 Å². The molecule has 22 heavy (non-hydrogen) atoms. The lowest BCUT2D eigenvalue weighted by molar-refractivity contribution is -0.131. The van der Waals surface area contributed by atoms with E-state index < -0.39 is 29.3 Å². The number of amides is 2. The molecule has 6 heteroatoms. The van der Waals surface area contributed by atoms with Gasteiger partial charge in [-0.05, 0) is 31.0 Å². The van der Waals surface area contributed by atoms with Gasteiger partial charge in [0.05, 0.1) is 11.5 Å². The van der Waals surface area contributed by atoms with Crippen molar-refractivity contribution in [1.29, 1.82) is 0 Å². The van der Waals surface area contributed by atoms with Gasteiger partial charge < -0.3 is 10.8 Å². The van der Waals surface area contributed by atoms with Crippen molar-refractivity contribution in [2.75, 3.05) is 4.90 Å². The predicted molar refractivity (Wildman–Crippen MR) is 78.4 cm³/mol. The van der Waals surface area contributed by atoms with Crippen molar-refractivity contribution >= 4 is 17.5 Å². The van der Waals surface area contributed by atoms with Gasteiger partial charge in [-0.15, -0.1) is 0 Å². The molecule has 1 spiro atoms. The zero-order chi connectivity index (χ0) is 15.9. The van der Waals surface area contributed by atoms with E-state index in [0.717, 1.165) is 19.3 Å². The van der Waals surface area contributed by atoms with Gasteiger partial charge in [-0.2, -0.15) is 0 Å². The number of nitrogens with zero attached hydrogens (tertiary/aromatic N) is 1. The van der Waals surface area contributed by atoms with Gasteiger partial charge in [0.25, 0.3) is 0 Å². The summed E-state index contributed by atoms with van der Waals surface area (Å²) in [5.74, 6) is -1.60. The van der Waals surface area contributed by atoms with Crippen molar-refractivity contribution in [2.24, 2.45) is 11.1 Å². The fourth-order valence-electron chi connectivity index (χ4n) is 3.82. The Hall–Kier alpha value is -1.95. The lowest BCUT2D eigenvalue weighted by atomic mass is 9.70. The number of benzene rings is 1. The average molecular weight is 306 g/mol. The molecule has 2 atom stereocenters. The fourth-order valence-corrected chi connectivity index (χ4v) is 3.82. The molecule has 3 N–H and O–H groups in total. The quantitative estimate of drug-likeness (QED) is 0.865. The van der Waals surface area contributed by atoms with E-state index in [1.54, 1.807) is 6.07 Å². The summed E-state index contributed by atoms with van der Waals surface area (Å²) < 4.78 is 13.5. The van der Waals surface area contributed by atoms with Crippen LogP contribution in [0.3, 0.4) is 0 Å². The molecule has 2 fully saturated rings. The third-order valence-corrected chi connectivity index (χ3v) is 4.91. The number of rotatable bonds is 2. The number of nitrogens with two attached hydrogens (primary N) is 1. The third kappa shape index (κ3) is 2.09. The van der Waals surface area contributed by atoms with Crippen LogP contribution in [0.25, 0.3) is 0 Å². The standard InChI is InChI=1S/C16H19FN2O3/c17-10-5-4-6-11(9-10)19-12(14(18)21)13(20)16(15(19)22)7-2-1-3-8-16/h4-6,9,12-13,20H,1-3,7-8H2,(H2,18,21). The van der Waals surface area contributed by atoms with Gasteiger partial charge in [0.15, 0.2) is 0 Å². The molecule has 0 bridgehead atoms. The Morgan fingerprint density at radius 2 is 2.00 bits per heavy atom. The van der Waals surface area contributed by atoms with Gasteiger partial charge in [0.2, 0.25) is 11.8 Å². The van der Waals surface area contributed by atoms with E-state index in [0.29, 0.717) is 12.8 Å². The zero-order valence-corrected chi connectivity index (χ0v) is 12.2. The van der Waals surface area contributed by atoms with Gasteiger partial charge >= 0.3 is 0 Å². The number of hydrogen-bond donors (Lipinski definition) is 2. The highest BCUT2D eigenvalue weighted by Crippen LogP contribution is 2.48. The van der Waals surface area contributed by atoms with Crippen LogP contribution in [0.2, 0.25) is 0 Å². The van der Waals surface area contributed by atoms with E-state index in [1.165, 1.54) is 23.1 Å². The van der Waals surface area contributed by atoms with Crippen LogP contribution >= 0.6 is 0 Å². The first-order valence-electron chi connectivity index (χ1n) is 7.54. The fraction of sp³-hybridized carbons (Fsp3) is 0.500. The summed E-state index contributed by atoms with van der Waals surface area (Å²) in [4.78, 5) is 26.0. The van der Waals surface area contributed by atoms with Crippen molar-refractivity contribution in [1.82, 2.24) is 0 Å². The Kier molecular flexibility index (Phi) is 3.64. The maximum absolute atomic E-state index is 13.5. The normalized spacial score (nSPS) is 27.4. The SMILES string of the molecule is NC(=O)C1C(O)C2(CCCCC2)C(=O)N1c1cccc(F)c1. The molecule has 1 aromatic rings. The molecule has 2 aliphatic rings. The van der Waals surface area contributed by atoms with Crippen LogP contribution in [-0.2, 0) is 9.59 Å². The number of aliphatic hydroxyl groups excluding tert-OH is 1. The minimum absolute atomic E-state index is 0.260. The molecule has 2 unspecified atom stereocenters. The van der Waals surface area contributed by atoms with Crippen LogP contribution in [0.15, 0.2) is 24.3 Å². The van der Waals surface area contributed by atoms with Crippen molar-refractivity contribution in [2.45, 2.75) is 44.2 Å². The number of halogens is 1. The van der Waals surface area contributed by atoms with E-state index in [2.05, 4.69) is 0 Å². The van der Waals surface area contributed by atoms with Crippen molar-refractivity contribution < 1.29 is 19.1 Å².